The monoisotopic (exact) mass is 355 g/mol. The van der Waals surface area contributed by atoms with Gasteiger partial charge in [0.15, 0.2) is 0 Å². The van der Waals surface area contributed by atoms with Gasteiger partial charge in [-0.25, -0.2) is 0 Å². The van der Waals surface area contributed by atoms with Crippen molar-refractivity contribution in [2.45, 2.75) is 59.5 Å². The lowest BCUT2D eigenvalue weighted by atomic mass is 9.90. The van der Waals surface area contributed by atoms with Crippen LogP contribution < -0.4 is 4.90 Å². The second-order valence-corrected chi connectivity index (χ2v) is 7.64. The summed E-state index contributed by atoms with van der Waals surface area (Å²) >= 11 is 0. The summed E-state index contributed by atoms with van der Waals surface area (Å²) in [5.41, 5.74) is 6.03. The maximum Gasteiger partial charge on any atom is 0.119 e. The standard InChI is InChI=1S/C23H33NO2/c1-7-8-11-24(6)19-12-16(4)22(17(5)13-19)23(26)18-9-10-21(25)20(14-18)15(2)3/h9-10,12-15,23,25-26H,7-8,11H2,1-6H3. The fourth-order valence-electron chi connectivity index (χ4n) is 3.50. The van der Waals surface area contributed by atoms with Crippen LogP contribution in [0.2, 0.25) is 0 Å². The van der Waals surface area contributed by atoms with Gasteiger partial charge in [0.1, 0.15) is 11.9 Å². The lowest BCUT2D eigenvalue weighted by Crippen LogP contribution is -2.19. The zero-order valence-corrected chi connectivity index (χ0v) is 17.0. The van der Waals surface area contributed by atoms with Crippen LogP contribution in [0.25, 0.3) is 0 Å². The Morgan fingerprint density at radius 1 is 1.04 bits per heavy atom. The molecule has 2 aromatic carbocycles. The molecule has 1 atom stereocenters. The highest BCUT2D eigenvalue weighted by Gasteiger charge is 2.19. The van der Waals surface area contributed by atoms with E-state index in [0.29, 0.717) is 0 Å². The molecule has 2 rings (SSSR count). The van der Waals surface area contributed by atoms with Gasteiger partial charge >= 0.3 is 0 Å². The average molecular weight is 356 g/mol. The molecule has 2 N–H and O–H groups in total. The molecule has 0 amide bonds. The second kappa shape index (κ2) is 8.59. The lowest BCUT2D eigenvalue weighted by molar-refractivity contribution is 0.218. The van der Waals surface area contributed by atoms with Crippen molar-refractivity contribution in [3.8, 4) is 5.75 Å². The number of aromatic hydroxyl groups is 1. The fraction of sp³-hybridized carbons (Fsp3) is 0.478. The van der Waals surface area contributed by atoms with Crippen molar-refractivity contribution >= 4 is 5.69 Å². The highest BCUT2D eigenvalue weighted by atomic mass is 16.3. The number of rotatable bonds is 7. The van der Waals surface area contributed by atoms with Gasteiger partial charge in [-0.2, -0.15) is 0 Å². The summed E-state index contributed by atoms with van der Waals surface area (Å²) in [5, 5.41) is 21.1. The van der Waals surface area contributed by atoms with E-state index in [1.54, 1.807) is 6.07 Å². The Kier molecular flexibility index (Phi) is 6.71. The number of anilines is 1. The van der Waals surface area contributed by atoms with Crippen molar-refractivity contribution in [1.82, 2.24) is 0 Å². The molecular formula is C23H33NO2. The molecule has 3 nitrogen and oxygen atoms in total. The van der Waals surface area contributed by atoms with Crippen LogP contribution in [0.3, 0.4) is 0 Å². The number of nitrogens with zero attached hydrogens (tertiary/aromatic N) is 1. The summed E-state index contributed by atoms with van der Waals surface area (Å²) in [5.74, 6) is 0.497. The van der Waals surface area contributed by atoms with Crippen molar-refractivity contribution in [3.63, 3.8) is 0 Å². The SMILES string of the molecule is CCCCN(C)c1cc(C)c(C(O)c2ccc(O)c(C(C)C)c2)c(C)c1. The van der Waals surface area contributed by atoms with Crippen LogP contribution in [0.1, 0.15) is 73.5 Å². The molecule has 0 saturated heterocycles. The molecule has 0 aliphatic rings. The fourth-order valence-corrected chi connectivity index (χ4v) is 3.50. The molecule has 0 aliphatic carbocycles. The number of hydrogen-bond donors (Lipinski definition) is 2. The predicted octanol–water partition coefficient (Wildman–Crippen LogP) is 5.45. The Morgan fingerprint density at radius 2 is 1.65 bits per heavy atom. The average Bonchev–Trinajstić information content (AvgIpc) is 2.58. The van der Waals surface area contributed by atoms with E-state index >= 15 is 0 Å². The molecule has 0 aromatic heterocycles. The van der Waals surface area contributed by atoms with Crippen molar-refractivity contribution in [2.24, 2.45) is 0 Å². The molecule has 0 fully saturated rings. The third kappa shape index (κ3) is 4.39. The predicted molar refractivity (Wildman–Crippen MR) is 110 cm³/mol. The first-order chi connectivity index (χ1) is 12.3. The van der Waals surface area contributed by atoms with Gasteiger partial charge in [0, 0.05) is 19.3 Å². The third-order valence-corrected chi connectivity index (χ3v) is 5.13. The highest BCUT2D eigenvalue weighted by Crippen LogP contribution is 2.34. The van der Waals surface area contributed by atoms with E-state index in [1.807, 2.05) is 26.0 Å². The number of aryl methyl sites for hydroxylation is 2. The topological polar surface area (TPSA) is 43.7 Å². The molecule has 0 aliphatic heterocycles. The maximum absolute atomic E-state index is 11.0. The van der Waals surface area contributed by atoms with Crippen LogP contribution in [-0.2, 0) is 0 Å². The van der Waals surface area contributed by atoms with Crippen LogP contribution in [0.4, 0.5) is 5.69 Å². The summed E-state index contributed by atoms with van der Waals surface area (Å²) in [6.45, 7) is 11.4. The third-order valence-electron chi connectivity index (χ3n) is 5.13. The molecule has 2 aromatic rings. The molecule has 0 saturated carbocycles. The molecule has 0 spiro atoms. The smallest absolute Gasteiger partial charge is 0.119 e. The Morgan fingerprint density at radius 3 is 2.19 bits per heavy atom. The summed E-state index contributed by atoms with van der Waals surface area (Å²) in [6.07, 6.45) is 1.66. The first-order valence-corrected chi connectivity index (χ1v) is 9.59. The van der Waals surface area contributed by atoms with Crippen LogP contribution in [0.15, 0.2) is 30.3 Å². The summed E-state index contributed by atoms with van der Waals surface area (Å²) in [7, 11) is 2.12. The van der Waals surface area contributed by atoms with Crippen LogP contribution in [-0.4, -0.2) is 23.8 Å². The van der Waals surface area contributed by atoms with E-state index in [9.17, 15) is 10.2 Å². The Balaban J connectivity index is 2.38. The molecule has 0 radical (unpaired) electrons. The minimum atomic E-state index is -0.692. The zero-order chi connectivity index (χ0) is 19.4. The van der Waals surface area contributed by atoms with Gasteiger partial charge in [-0.1, -0.05) is 33.3 Å². The molecule has 142 valence electrons. The van der Waals surface area contributed by atoms with E-state index in [1.165, 1.54) is 18.5 Å². The Bertz CT molecular complexity index is 729. The molecular weight excluding hydrogens is 322 g/mol. The first kappa shape index (κ1) is 20.3. The van der Waals surface area contributed by atoms with Crippen LogP contribution in [0, 0.1) is 13.8 Å². The highest BCUT2D eigenvalue weighted by molar-refractivity contribution is 5.55. The summed E-state index contributed by atoms with van der Waals surface area (Å²) in [4.78, 5) is 2.27. The lowest BCUT2D eigenvalue weighted by Gasteiger charge is -2.24. The second-order valence-electron chi connectivity index (χ2n) is 7.64. The molecule has 1 unspecified atom stereocenters. The van der Waals surface area contributed by atoms with Gasteiger partial charge in [-0.05, 0) is 78.3 Å². The van der Waals surface area contributed by atoms with Crippen LogP contribution >= 0.6 is 0 Å². The van der Waals surface area contributed by atoms with E-state index in [-0.39, 0.29) is 11.7 Å². The minimum absolute atomic E-state index is 0.207. The quantitative estimate of drug-likeness (QED) is 0.694. The van der Waals surface area contributed by atoms with E-state index in [0.717, 1.165) is 34.4 Å². The number of phenols is 1. The molecule has 0 heterocycles. The Hall–Kier alpha value is -2.00. The Labute approximate surface area is 158 Å². The van der Waals surface area contributed by atoms with Crippen molar-refractivity contribution in [1.29, 1.82) is 0 Å². The first-order valence-electron chi connectivity index (χ1n) is 9.59. The zero-order valence-electron chi connectivity index (χ0n) is 17.0. The van der Waals surface area contributed by atoms with Crippen molar-refractivity contribution in [3.05, 3.63) is 58.1 Å². The maximum atomic E-state index is 11.0. The molecule has 0 bridgehead atoms. The van der Waals surface area contributed by atoms with Crippen molar-refractivity contribution in [2.75, 3.05) is 18.5 Å². The largest absolute Gasteiger partial charge is 0.508 e. The molecule has 3 heteroatoms. The van der Waals surface area contributed by atoms with Gasteiger partial charge in [0.25, 0.3) is 0 Å². The number of hydrogen-bond acceptors (Lipinski definition) is 3. The number of unbranched alkanes of at least 4 members (excludes halogenated alkanes) is 1. The van der Waals surface area contributed by atoms with Crippen molar-refractivity contribution < 1.29 is 10.2 Å². The number of phenolic OH excluding ortho intramolecular Hbond substituents is 1. The number of benzene rings is 2. The van der Waals surface area contributed by atoms with Gasteiger partial charge < -0.3 is 15.1 Å². The number of aliphatic hydroxyl groups excluding tert-OH is 1. The van der Waals surface area contributed by atoms with E-state index in [2.05, 4.69) is 44.9 Å². The van der Waals surface area contributed by atoms with Gasteiger partial charge in [-0.3, -0.25) is 0 Å². The number of aliphatic hydroxyl groups is 1. The van der Waals surface area contributed by atoms with E-state index in [4.69, 9.17) is 0 Å². The minimum Gasteiger partial charge on any atom is -0.508 e. The van der Waals surface area contributed by atoms with Gasteiger partial charge in [0.2, 0.25) is 0 Å². The summed E-state index contributed by atoms with van der Waals surface area (Å²) in [6, 6.07) is 9.73. The van der Waals surface area contributed by atoms with Crippen LogP contribution in [0.5, 0.6) is 5.75 Å². The van der Waals surface area contributed by atoms with Gasteiger partial charge in [-0.15, -0.1) is 0 Å². The normalized spacial score (nSPS) is 12.5. The van der Waals surface area contributed by atoms with Gasteiger partial charge in [0.05, 0.1) is 0 Å². The van der Waals surface area contributed by atoms with E-state index < -0.39 is 6.10 Å². The summed E-state index contributed by atoms with van der Waals surface area (Å²) < 4.78 is 0. The molecule has 26 heavy (non-hydrogen) atoms.